The molecule has 0 bridgehead atoms. The van der Waals surface area contributed by atoms with Crippen molar-refractivity contribution in [3.8, 4) is 0 Å². The van der Waals surface area contributed by atoms with E-state index in [1.807, 2.05) is 12.1 Å². The van der Waals surface area contributed by atoms with Gasteiger partial charge in [-0.05, 0) is 17.7 Å². The van der Waals surface area contributed by atoms with Crippen molar-refractivity contribution in [2.24, 2.45) is 0 Å². The fourth-order valence-electron chi connectivity index (χ4n) is 2.37. The van der Waals surface area contributed by atoms with Crippen LogP contribution < -0.4 is 0 Å². The van der Waals surface area contributed by atoms with Crippen LogP contribution in [0.25, 0.3) is 0 Å². The van der Waals surface area contributed by atoms with E-state index in [0.717, 1.165) is 5.56 Å². The molecular formula is C15H19NO5. The second-order valence-electron chi connectivity index (χ2n) is 4.96. The van der Waals surface area contributed by atoms with E-state index >= 15 is 0 Å². The van der Waals surface area contributed by atoms with Crippen LogP contribution in [0.15, 0.2) is 24.3 Å². The third kappa shape index (κ3) is 4.03. The van der Waals surface area contributed by atoms with Crippen LogP contribution in [-0.2, 0) is 20.9 Å². The number of carboxylic acid groups (broad SMARTS) is 1. The molecule has 0 spiro atoms. The van der Waals surface area contributed by atoms with Crippen molar-refractivity contribution in [2.75, 3.05) is 26.9 Å². The Morgan fingerprint density at radius 2 is 2.10 bits per heavy atom. The molecule has 1 aromatic rings. The fourth-order valence-corrected chi connectivity index (χ4v) is 2.37. The summed E-state index contributed by atoms with van der Waals surface area (Å²) in [5.74, 6) is -1.09. The Morgan fingerprint density at radius 3 is 2.71 bits per heavy atom. The van der Waals surface area contributed by atoms with Crippen molar-refractivity contribution in [1.29, 1.82) is 0 Å². The molecule has 6 heteroatoms. The van der Waals surface area contributed by atoms with Crippen molar-refractivity contribution in [3.05, 3.63) is 35.4 Å². The molecule has 0 aromatic heterocycles. The monoisotopic (exact) mass is 293 g/mol. The summed E-state index contributed by atoms with van der Waals surface area (Å²) in [6.45, 7) is 1.60. The van der Waals surface area contributed by atoms with Gasteiger partial charge in [0.1, 0.15) is 0 Å². The Kier molecular flexibility index (Phi) is 5.30. The lowest BCUT2D eigenvalue weighted by molar-refractivity contribution is -0.139. The number of hydrogen-bond acceptors (Lipinski definition) is 4. The summed E-state index contributed by atoms with van der Waals surface area (Å²) in [7, 11) is 1.61. The first kappa shape index (κ1) is 15.5. The summed E-state index contributed by atoms with van der Waals surface area (Å²) in [4.78, 5) is 25.0. The van der Waals surface area contributed by atoms with E-state index in [1.165, 1.54) is 0 Å². The Bertz CT molecular complexity index is 499. The number of benzene rings is 1. The summed E-state index contributed by atoms with van der Waals surface area (Å²) >= 11 is 0. The van der Waals surface area contributed by atoms with E-state index < -0.39 is 12.0 Å². The van der Waals surface area contributed by atoms with E-state index in [9.17, 15) is 9.59 Å². The second-order valence-corrected chi connectivity index (χ2v) is 4.96. The zero-order chi connectivity index (χ0) is 15.2. The maximum absolute atomic E-state index is 12.5. The maximum Gasteiger partial charge on any atom is 0.305 e. The van der Waals surface area contributed by atoms with Gasteiger partial charge in [-0.3, -0.25) is 9.59 Å². The number of amides is 1. The molecule has 1 aliphatic heterocycles. The van der Waals surface area contributed by atoms with Crippen molar-refractivity contribution in [1.82, 2.24) is 4.90 Å². The smallest absolute Gasteiger partial charge is 0.305 e. The number of carboxylic acids is 1. The number of carbonyl (C=O) groups is 2. The molecule has 114 valence electrons. The first-order valence-electron chi connectivity index (χ1n) is 6.80. The van der Waals surface area contributed by atoms with Gasteiger partial charge in [0.05, 0.1) is 32.3 Å². The molecule has 6 nitrogen and oxygen atoms in total. The SMILES string of the molecule is COCc1ccc(C(=O)N2CCOCC2CC(=O)O)cc1. The number of aliphatic carboxylic acids is 1. The Morgan fingerprint density at radius 1 is 1.38 bits per heavy atom. The Labute approximate surface area is 123 Å². The predicted molar refractivity (Wildman–Crippen MR) is 75.1 cm³/mol. The Balaban J connectivity index is 2.10. The molecule has 1 amide bonds. The van der Waals surface area contributed by atoms with Crippen molar-refractivity contribution >= 4 is 11.9 Å². The minimum Gasteiger partial charge on any atom is -0.481 e. The largest absolute Gasteiger partial charge is 0.481 e. The van der Waals surface area contributed by atoms with Crippen LogP contribution in [-0.4, -0.2) is 54.8 Å². The second kappa shape index (κ2) is 7.19. The summed E-state index contributed by atoms with van der Waals surface area (Å²) in [5.41, 5.74) is 1.53. The highest BCUT2D eigenvalue weighted by atomic mass is 16.5. The molecule has 0 saturated carbocycles. The lowest BCUT2D eigenvalue weighted by atomic mass is 10.1. The molecule has 1 atom stereocenters. The number of hydrogen-bond donors (Lipinski definition) is 1. The minimum atomic E-state index is -0.932. The molecular weight excluding hydrogens is 274 g/mol. The Hall–Kier alpha value is -1.92. The third-order valence-corrected chi connectivity index (χ3v) is 3.41. The molecule has 1 heterocycles. The highest BCUT2D eigenvalue weighted by molar-refractivity contribution is 5.94. The molecule has 2 rings (SSSR count). The topological polar surface area (TPSA) is 76.1 Å². The molecule has 1 saturated heterocycles. The van der Waals surface area contributed by atoms with Gasteiger partial charge >= 0.3 is 5.97 Å². The predicted octanol–water partition coefficient (Wildman–Crippen LogP) is 1.15. The number of nitrogens with zero attached hydrogens (tertiary/aromatic N) is 1. The number of morpholine rings is 1. The molecule has 1 aliphatic rings. The van der Waals surface area contributed by atoms with Crippen molar-refractivity contribution in [2.45, 2.75) is 19.1 Å². The van der Waals surface area contributed by atoms with E-state index in [0.29, 0.717) is 25.3 Å². The lowest BCUT2D eigenvalue weighted by Gasteiger charge is -2.34. The van der Waals surface area contributed by atoms with Crippen LogP contribution in [0.5, 0.6) is 0 Å². The van der Waals surface area contributed by atoms with Gasteiger partial charge in [0.15, 0.2) is 0 Å². The zero-order valence-electron chi connectivity index (χ0n) is 11.9. The number of methoxy groups -OCH3 is 1. The number of carbonyl (C=O) groups excluding carboxylic acids is 1. The van der Waals surface area contributed by atoms with Crippen LogP contribution in [0.1, 0.15) is 22.3 Å². The maximum atomic E-state index is 12.5. The number of rotatable bonds is 5. The average molecular weight is 293 g/mol. The van der Waals surface area contributed by atoms with Crippen LogP contribution in [0.4, 0.5) is 0 Å². The highest BCUT2D eigenvalue weighted by Gasteiger charge is 2.29. The van der Waals surface area contributed by atoms with Gasteiger partial charge in [0.2, 0.25) is 0 Å². The average Bonchev–Trinajstić information content (AvgIpc) is 2.48. The summed E-state index contributed by atoms with van der Waals surface area (Å²) < 4.78 is 10.3. The molecule has 0 aliphatic carbocycles. The first-order valence-corrected chi connectivity index (χ1v) is 6.80. The minimum absolute atomic E-state index is 0.104. The first-order chi connectivity index (χ1) is 10.1. The molecule has 1 unspecified atom stereocenters. The molecule has 21 heavy (non-hydrogen) atoms. The van der Waals surface area contributed by atoms with Crippen molar-refractivity contribution in [3.63, 3.8) is 0 Å². The van der Waals surface area contributed by atoms with E-state index in [4.69, 9.17) is 14.6 Å². The van der Waals surface area contributed by atoms with Gasteiger partial charge in [0, 0.05) is 19.2 Å². The molecule has 0 radical (unpaired) electrons. The van der Waals surface area contributed by atoms with Gasteiger partial charge in [-0.15, -0.1) is 0 Å². The van der Waals surface area contributed by atoms with E-state index in [-0.39, 0.29) is 18.9 Å². The van der Waals surface area contributed by atoms with Crippen LogP contribution >= 0.6 is 0 Å². The van der Waals surface area contributed by atoms with Gasteiger partial charge in [-0.25, -0.2) is 0 Å². The fraction of sp³-hybridized carbons (Fsp3) is 0.467. The molecule has 1 fully saturated rings. The van der Waals surface area contributed by atoms with Gasteiger partial charge in [0.25, 0.3) is 5.91 Å². The summed E-state index contributed by atoms with van der Waals surface area (Å²) in [6.07, 6.45) is -0.104. The summed E-state index contributed by atoms with van der Waals surface area (Å²) in [6, 6.07) is 6.74. The zero-order valence-corrected chi connectivity index (χ0v) is 11.9. The third-order valence-electron chi connectivity index (χ3n) is 3.41. The quantitative estimate of drug-likeness (QED) is 0.881. The van der Waals surface area contributed by atoms with Crippen LogP contribution in [0.3, 0.4) is 0 Å². The normalized spacial score (nSPS) is 18.5. The standard InChI is InChI=1S/C15H19NO5/c1-20-9-11-2-4-12(5-3-11)15(19)16-6-7-21-10-13(16)8-14(17)18/h2-5,13H,6-10H2,1H3,(H,17,18). The van der Waals surface area contributed by atoms with Gasteiger partial charge < -0.3 is 19.5 Å². The van der Waals surface area contributed by atoms with E-state index in [2.05, 4.69) is 0 Å². The highest BCUT2D eigenvalue weighted by Crippen LogP contribution is 2.16. The van der Waals surface area contributed by atoms with Crippen LogP contribution in [0.2, 0.25) is 0 Å². The summed E-state index contributed by atoms with van der Waals surface area (Å²) in [5, 5.41) is 8.92. The van der Waals surface area contributed by atoms with Crippen LogP contribution in [0, 0.1) is 0 Å². The van der Waals surface area contributed by atoms with Gasteiger partial charge in [-0.1, -0.05) is 12.1 Å². The number of ether oxygens (including phenoxy) is 2. The van der Waals surface area contributed by atoms with Crippen molar-refractivity contribution < 1.29 is 24.2 Å². The van der Waals surface area contributed by atoms with E-state index in [1.54, 1.807) is 24.1 Å². The molecule has 1 N–H and O–H groups in total. The lowest BCUT2D eigenvalue weighted by Crippen LogP contribution is -2.49. The van der Waals surface area contributed by atoms with Gasteiger partial charge in [-0.2, -0.15) is 0 Å². The molecule has 1 aromatic carbocycles.